The van der Waals surface area contributed by atoms with Crippen LogP contribution in [-0.2, 0) is 0 Å². The highest BCUT2D eigenvalue weighted by atomic mass is 19.5. The lowest BCUT2D eigenvalue weighted by atomic mass is 9.86. The summed E-state index contributed by atoms with van der Waals surface area (Å²) in [5.41, 5.74) is -6.96. The molecule has 0 saturated heterocycles. The summed E-state index contributed by atoms with van der Waals surface area (Å²) < 4.78 is 700. The molecule has 1 rings (SSSR count). The predicted molar refractivity (Wildman–Crippen MR) is 169 cm³/mol. The molecule has 86 heavy (non-hydrogen) atoms. The van der Waals surface area contributed by atoms with Crippen LogP contribution in [-0.4, -0.2) is 143 Å². The molecule has 0 unspecified atom stereocenters. The van der Waals surface area contributed by atoms with Crippen molar-refractivity contribution >= 4 is 0 Å². The molecule has 0 atom stereocenters. The van der Waals surface area contributed by atoms with Crippen LogP contribution in [0.2, 0.25) is 0 Å². The van der Waals surface area contributed by atoms with E-state index in [1.165, 1.54) is 0 Å². The fourth-order valence-electron chi connectivity index (χ4n) is 6.42. The maximum Gasteiger partial charge on any atom is 0.460 e. The minimum absolute atomic E-state index is 0.915. The third-order valence-electron chi connectivity index (χ3n) is 11.8. The number of allylic oxidation sites excluding steroid dienone is 4. The lowest BCUT2D eigenvalue weighted by molar-refractivity contribution is -0.461. The lowest BCUT2D eigenvalue weighted by Crippen LogP contribution is -2.74. The Morgan fingerprint density at radius 3 is 0.558 bits per heavy atom. The summed E-state index contributed by atoms with van der Waals surface area (Å²) in [6, 6.07) is 0. The van der Waals surface area contributed by atoms with Crippen molar-refractivity contribution in [2.45, 2.75) is 188 Å². The van der Waals surface area contributed by atoms with Crippen molar-refractivity contribution in [2.24, 2.45) is 0 Å². The number of rotatable bonds is 27. The Bertz CT molecular complexity index is 2480. The molecule has 1 aliphatic rings. The van der Waals surface area contributed by atoms with Gasteiger partial charge in [0.15, 0.2) is 0 Å². The molecule has 51 heteroatoms. The molecule has 0 N–H and O–H groups in total. The van der Waals surface area contributed by atoms with Crippen LogP contribution < -0.4 is 0 Å². The summed E-state index contributed by atoms with van der Waals surface area (Å²) in [5, 5.41) is 0. The van der Waals surface area contributed by atoms with Gasteiger partial charge in [0.2, 0.25) is 0 Å². The first kappa shape index (κ1) is 79.9. The number of alkyl halides is 51. The van der Waals surface area contributed by atoms with Gasteiger partial charge in [0.1, 0.15) is 0 Å². The molecule has 0 fully saturated rings. The Morgan fingerprint density at radius 1 is 0.198 bits per heavy atom. The van der Waals surface area contributed by atoms with Gasteiger partial charge in [0, 0.05) is 19.3 Å². The highest BCUT2D eigenvalue weighted by Crippen LogP contribution is 2.69. The number of halogens is 51. The summed E-state index contributed by atoms with van der Waals surface area (Å²) in [4.78, 5) is 0. The topological polar surface area (TPSA) is 0 Å². The first-order chi connectivity index (χ1) is 36.5. The first-order valence-corrected chi connectivity index (χ1v) is 20.0. The summed E-state index contributed by atoms with van der Waals surface area (Å²) in [7, 11) is 0. The molecule has 0 spiro atoms. The normalized spacial score (nSPS) is 17.7. The van der Waals surface area contributed by atoms with Gasteiger partial charge in [0.05, 0.1) is 0 Å². The van der Waals surface area contributed by atoms with Crippen LogP contribution in [0.3, 0.4) is 0 Å². The van der Waals surface area contributed by atoms with Gasteiger partial charge in [-0.2, -0.15) is 224 Å². The summed E-state index contributed by atoms with van der Waals surface area (Å²) in [5.74, 6) is -188. The van der Waals surface area contributed by atoms with E-state index in [1.54, 1.807) is 0 Å². The second kappa shape index (κ2) is 21.0. The summed E-state index contributed by atoms with van der Waals surface area (Å²) >= 11 is 0. The molecular formula is C35H15F51. The fraction of sp³-hybridized carbons (Fsp3) is 0.886. The van der Waals surface area contributed by atoms with Crippen molar-refractivity contribution in [3.05, 3.63) is 22.8 Å². The first-order valence-electron chi connectivity index (χ1n) is 20.0. The van der Waals surface area contributed by atoms with Crippen molar-refractivity contribution in [1.29, 1.82) is 0 Å². The number of hydrogen-bond donors (Lipinski definition) is 0. The highest BCUT2D eigenvalue weighted by molar-refractivity contribution is 5.40. The zero-order chi connectivity index (χ0) is 70.4. The molecule has 0 radical (unpaired) electrons. The lowest BCUT2D eigenvalue weighted by Gasteiger charge is -2.43. The zero-order valence-electron chi connectivity index (χ0n) is 38.3. The van der Waals surface area contributed by atoms with Gasteiger partial charge < -0.3 is 0 Å². The highest BCUT2D eigenvalue weighted by Gasteiger charge is 2.98. The Morgan fingerprint density at radius 2 is 0.360 bits per heavy atom. The molecule has 0 bridgehead atoms. The largest absolute Gasteiger partial charge is 0.460 e. The quantitative estimate of drug-likeness (QED) is 0.0719. The molecule has 0 saturated carbocycles. The molecule has 0 amide bonds. The van der Waals surface area contributed by atoms with Crippen molar-refractivity contribution in [2.75, 3.05) is 0 Å². The van der Waals surface area contributed by atoms with Crippen LogP contribution in [0.5, 0.6) is 0 Å². The Balaban J connectivity index is 4.19. The van der Waals surface area contributed by atoms with Crippen molar-refractivity contribution in [1.82, 2.24) is 0 Å². The van der Waals surface area contributed by atoms with Crippen molar-refractivity contribution < 1.29 is 224 Å². The van der Waals surface area contributed by atoms with Crippen molar-refractivity contribution in [3.63, 3.8) is 0 Å². The van der Waals surface area contributed by atoms with Gasteiger partial charge in [-0.25, -0.2) is 0 Å². The third kappa shape index (κ3) is 10.8. The molecule has 512 valence electrons. The minimum atomic E-state index is -9.45. The zero-order valence-corrected chi connectivity index (χ0v) is 38.3. The molecule has 0 aromatic rings. The molecule has 0 aliphatic heterocycles. The van der Waals surface area contributed by atoms with E-state index in [0.29, 0.717) is 0 Å². The average molecular weight is 1400 g/mol. The minimum Gasteiger partial charge on any atom is -0.200 e. The van der Waals surface area contributed by atoms with E-state index in [1.807, 2.05) is 0 Å². The van der Waals surface area contributed by atoms with Crippen LogP contribution in [0.4, 0.5) is 224 Å². The van der Waals surface area contributed by atoms with Crippen LogP contribution in [0.1, 0.15) is 44.9 Å². The van der Waals surface area contributed by atoms with Crippen LogP contribution in [0.15, 0.2) is 22.8 Å². The van der Waals surface area contributed by atoms with Gasteiger partial charge in [-0.1, -0.05) is 17.2 Å². The summed E-state index contributed by atoms with van der Waals surface area (Å²) in [6.45, 7) is 0. The predicted octanol–water partition coefficient (Wildman–Crippen LogP) is 20.0. The molecule has 0 heterocycles. The second-order valence-electron chi connectivity index (χ2n) is 17.6. The van der Waals surface area contributed by atoms with Gasteiger partial charge in [-0.15, -0.1) is 0 Å². The standard InChI is InChI=1S/C35H15F51/c36-12(37,15(42,43)18(48,49)21(54,55)24(60,61)27(66,67)30(72,73)33(78,79)80)4-1-9-7-10(2-5-13(38,39)16(44,45)19(50,51)22(56,57)25(62,63)28(68,69)31(74,75)34(81,82)83)11(8-9)3-6-14(40,41)17(46,47)20(52,53)23(58,59)26(64,65)29(70,71)32(76,77)35(84,85)86/h7H,1-6,8H2. The van der Waals surface area contributed by atoms with Crippen LogP contribution >= 0.6 is 0 Å². The van der Waals surface area contributed by atoms with E-state index in [-0.39, 0.29) is 0 Å². The molecular weight excluding hydrogens is 1390 g/mol. The van der Waals surface area contributed by atoms with Crippen LogP contribution in [0.25, 0.3) is 0 Å². The molecule has 0 aromatic heterocycles. The second-order valence-corrected chi connectivity index (χ2v) is 17.6. The third-order valence-corrected chi connectivity index (χ3v) is 11.8. The summed E-state index contributed by atoms with van der Waals surface area (Å²) in [6.07, 6.45) is -49.7. The fourth-order valence-corrected chi connectivity index (χ4v) is 6.42. The maximum absolute atomic E-state index is 14.8. The van der Waals surface area contributed by atoms with Gasteiger partial charge in [-0.3, -0.25) is 0 Å². The average Bonchev–Trinajstić information content (AvgIpc) is 3.69. The van der Waals surface area contributed by atoms with E-state index in [0.717, 1.165) is 0 Å². The monoisotopic (exact) mass is 1400 g/mol. The van der Waals surface area contributed by atoms with E-state index in [9.17, 15) is 224 Å². The van der Waals surface area contributed by atoms with Gasteiger partial charge in [-0.05, 0) is 31.3 Å². The van der Waals surface area contributed by atoms with Gasteiger partial charge >= 0.3 is 143 Å². The molecule has 0 aromatic carbocycles. The van der Waals surface area contributed by atoms with E-state index < -0.39 is 211 Å². The molecule has 1 aliphatic carbocycles. The SMILES string of the molecule is FC(F)(F)C(F)(F)C(F)(F)C(F)(F)C(F)(F)C(F)(F)C(F)(F)C(F)(F)CCC1=CC(CCC(F)(F)C(F)(F)C(F)(F)C(F)(F)C(F)(F)C(F)(F)C(F)(F)C(F)(F)F)=C(CCC(F)(F)C(F)(F)C(F)(F)C(F)(F)C(F)(F)C(F)(F)C(F)(F)C(F)(F)F)C1. The Kier molecular flexibility index (Phi) is 19.5. The number of hydrogen-bond acceptors (Lipinski definition) is 0. The molecule has 0 nitrogen and oxygen atoms in total. The Labute approximate surface area is 435 Å². The van der Waals surface area contributed by atoms with E-state index in [2.05, 4.69) is 0 Å². The van der Waals surface area contributed by atoms with Crippen LogP contribution in [0, 0.1) is 0 Å². The van der Waals surface area contributed by atoms with Crippen molar-refractivity contribution in [3.8, 4) is 0 Å². The van der Waals surface area contributed by atoms with E-state index in [4.69, 9.17) is 0 Å². The maximum atomic E-state index is 14.8. The van der Waals surface area contributed by atoms with E-state index >= 15 is 0 Å². The Hall–Kier alpha value is -4.09. The smallest absolute Gasteiger partial charge is 0.200 e. The van der Waals surface area contributed by atoms with Gasteiger partial charge in [0.25, 0.3) is 0 Å².